The number of nitrogens with two attached hydrogens (primary N) is 2. The average molecular weight is 423 g/mol. The second-order valence-corrected chi connectivity index (χ2v) is 9.56. The monoisotopic (exact) mass is 422 g/mol. The van der Waals surface area contributed by atoms with Crippen LogP contribution in [0.25, 0.3) is 0 Å². The van der Waals surface area contributed by atoms with Gasteiger partial charge in [-0.3, -0.25) is 0 Å². The van der Waals surface area contributed by atoms with Gasteiger partial charge in [-0.05, 0) is 72.1 Å². The van der Waals surface area contributed by atoms with E-state index in [2.05, 4.69) is 58.5 Å². The second-order valence-electron chi connectivity index (χ2n) is 9.56. The maximum Gasteiger partial charge on any atom is 0.142 e. The van der Waals surface area contributed by atoms with E-state index in [9.17, 15) is 0 Å². The van der Waals surface area contributed by atoms with Crippen LogP contribution >= 0.6 is 0 Å². The fourth-order valence-electron chi connectivity index (χ4n) is 4.83. The molecule has 0 amide bonds. The zero-order chi connectivity index (χ0) is 22.6. The van der Waals surface area contributed by atoms with Crippen molar-refractivity contribution in [1.29, 1.82) is 0 Å². The van der Waals surface area contributed by atoms with Crippen molar-refractivity contribution in [3.63, 3.8) is 0 Å². The number of fused-ring (bicyclic) bond motifs is 1. The number of benzene rings is 2. The van der Waals surface area contributed by atoms with Crippen LogP contribution in [0.1, 0.15) is 76.5 Å². The highest BCUT2D eigenvalue weighted by molar-refractivity contribution is 5.65. The molecule has 0 radical (unpaired) electrons. The fraction of sp³-hybridized carbons (Fsp3) is 0.481. The van der Waals surface area contributed by atoms with E-state index in [0.29, 0.717) is 24.6 Å². The lowest BCUT2D eigenvalue weighted by atomic mass is 9.75. The molecule has 31 heavy (non-hydrogen) atoms. The van der Waals surface area contributed by atoms with E-state index in [4.69, 9.17) is 20.9 Å². The van der Waals surface area contributed by atoms with Gasteiger partial charge in [0.2, 0.25) is 0 Å². The van der Waals surface area contributed by atoms with Gasteiger partial charge in [-0.1, -0.05) is 46.3 Å². The molecule has 2 aromatic carbocycles. The van der Waals surface area contributed by atoms with E-state index < -0.39 is 0 Å². The molecule has 0 aromatic heterocycles. The summed E-state index contributed by atoms with van der Waals surface area (Å²) in [5, 5.41) is 0. The van der Waals surface area contributed by atoms with Crippen molar-refractivity contribution in [2.24, 2.45) is 0 Å². The zero-order valence-electron chi connectivity index (χ0n) is 19.6. The molecule has 3 rings (SSSR count). The Hall–Kier alpha value is -2.62. The van der Waals surface area contributed by atoms with E-state index in [1.165, 1.54) is 16.7 Å². The smallest absolute Gasteiger partial charge is 0.142 e. The maximum atomic E-state index is 6.39. The minimum atomic E-state index is -0.179. The van der Waals surface area contributed by atoms with Gasteiger partial charge >= 0.3 is 0 Å². The van der Waals surface area contributed by atoms with Crippen molar-refractivity contribution in [3.8, 4) is 11.5 Å². The molecule has 0 spiro atoms. The Kier molecular flexibility index (Phi) is 6.88. The van der Waals surface area contributed by atoms with Gasteiger partial charge in [0, 0.05) is 5.41 Å². The Labute approximate surface area is 187 Å². The summed E-state index contributed by atoms with van der Waals surface area (Å²) in [5.74, 6) is 1.53. The molecule has 168 valence electrons. The van der Waals surface area contributed by atoms with Crippen LogP contribution in [-0.2, 0) is 10.8 Å². The molecule has 4 heteroatoms. The SMILES string of the molecule is C=CCCCOc1cc2c(cc1N)C(C)(C)CC2(C)c1ccc(OCCCC)c(N)c1. The quantitative estimate of drug-likeness (QED) is 0.265. The molecule has 0 heterocycles. The molecule has 0 bridgehead atoms. The van der Waals surface area contributed by atoms with E-state index in [1.807, 2.05) is 12.1 Å². The Morgan fingerprint density at radius 1 is 0.935 bits per heavy atom. The number of rotatable bonds is 10. The summed E-state index contributed by atoms with van der Waals surface area (Å²) < 4.78 is 11.9. The van der Waals surface area contributed by atoms with Crippen LogP contribution in [0.15, 0.2) is 43.0 Å². The topological polar surface area (TPSA) is 70.5 Å². The van der Waals surface area contributed by atoms with E-state index in [-0.39, 0.29) is 10.8 Å². The summed E-state index contributed by atoms with van der Waals surface area (Å²) in [4.78, 5) is 0. The first-order valence-electron chi connectivity index (χ1n) is 11.4. The molecule has 1 unspecified atom stereocenters. The third-order valence-corrected chi connectivity index (χ3v) is 6.48. The Balaban J connectivity index is 1.95. The van der Waals surface area contributed by atoms with Gasteiger partial charge in [-0.25, -0.2) is 0 Å². The molecule has 1 aliphatic rings. The first-order valence-corrected chi connectivity index (χ1v) is 11.4. The van der Waals surface area contributed by atoms with Crippen LogP contribution < -0.4 is 20.9 Å². The predicted octanol–water partition coefficient (Wildman–Crippen LogP) is 6.36. The van der Waals surface area contributed by atoms with Gasteiger partial charge in [0.15, 0.2) is 0 Å². The zero-order valence-corrected chi connectivity index (χ0v) is 19.6. The Morgan fingerprint density at radius 3 is 2.29 bits per heavy atom. The second kappa shape index (κ2) is 9.25. The lowest BCUT2D eigenvalue weighted by Gasteiger charge is -2.29. The van der Waals surface area contributed by atoms with Crippen LogP contribution in [0.2, 0.25) is 0 Å². The molecule has 4 N–H and O–H groups in total. The van der Waals surface area contributed by atoms with Crippen molar-refractivity contribution in [2.45, 2.75) is 70.6 Å². The van der Waals surface area contributed by atoms with Crippen molar-refractivity contribution >= 4 is 11.4 Å². The van der Waals surface area contributed by atoms with Gasteiger partial charge < -0.3 is 20.9 Å². The normalized spacial score (nSPS) is 19.1. The van der Waals surface area contributed by atoms with Gasteiger partial charge in [0.25, 0.3) is 0 Å². The van der Waals surface area contributed by atoms with Crippen molar-refractivity contribution in [2.75, 3.05) is 24.7 Å². The number of hydrogen-bond acceptors (Lipinski definition) is 4. The molecule has 2 aromatic rings. The Morgan fingerprint density at radius 2 is 1.61 bits per heavy atom. The Bertz CT molecular complexity index is 935. The summed E-state index contributed by atoms with van der Waals surface area (Å²) in [7, 11) is 0. The highest BCUT2D eigenvalue weighted by Crippen LogP contribution is 2.55. The van der Waals surface area contributed by atoms with Crippen LogP contribution in [0.4, 0.5) is 11.4 Å². The molecule has 0 aliphatic heterocycles. The first-order chi connectivity index (χ1) is 14.7. The van der Waals surface area contributed by atoms with Crippen LogP contribution in [0, 0.1) is 0 Å². The number of nitrogen functional groups attached to an aromatic ring is 2. The molecule has 4 nitrogen and oxygen atoms in total. The van der Waals surface area contributed by atoms with Crippen LogP contribution in [0.5, 0.6) is 11.5 Å². The summed E-state index contributed by atoms with van der Waals surface area (Å²) in [5.41, 5.74) is 17.7. The van der Waals surface area contributed by atoms with Crippen molar-refractivity contribution < 1.29 is 9.47 Å². The summed E-state index contributed by atoms with van der Waals surface area (Å²) in [6, 6.07) is 10.5. The molecular formula is C27H38N2O2. The van der Waals surface area contributed by atoms with Gasteiger partial charge in [0.1, 0.15) is 11.5 Å². The number of allylic oxidation sites excluding steroid dienone is 1. The molecule has 0 saturated heterocycles. The molecule has 1 atom stereocenters. The molecular weight excluding hydrogens is 384 g/mol. The maximum absolute atomic E-state index is 6.39. The van der Waals surface area contributed by atoms with E-state index >= 15 is 0 Å². The van der Waals surface area contributed by atoms with Crippen molar-refractivity contribution in [1.82, 2.24) is 0 Å². The molecule has 0 fully saturated rings. The lowest BCUT2D eigenvalue weighted by Crippen LogP contribution is -2.23. The van der Waals surface area contributed by atoms with E-state index in [1.54, 1.807) is 0 Å². The lowest BCUT2D eigenvalue weighted by molar-refractivity contribution is 0.310. The van der Waals surface area contributed by atoms with Gasteiger partial charge in [0.05, 0.1) is 24.6 Å². The highest BCUT2D eigenvalue weighted by atomic mass is 16.5. The largest absolute Gasteiger partial charge is 0.491 e. The van der Waals surface area contributed by atoms with Gasteiger partial charge in [-0.2, -0.15) is 0 Å². The first kappa shape index (κ1) is 23.1. The number of anilines is 2. The van der Waals surface area contributed by atoms with Gasteiger partial charge in [-0.15, -0.1) is 6.58 Å². The highest BCUT2D eigenvalue weighted by Gasteiger charge is 2.46. The average Bonchev–Trinajstić information content (AvgIpc) is 2.92. The standard InChI is InChI=1S/C27H38N2O2/c1-6-8-10-14-31-25-17-21-20(16-23(25)29)26(3,4)18-27(21,5)19-11-12-24(22(28)15-19)30-13-9-7-2/h6,11-12,15-17H,1,7-10,13-14,18,28-29H2,2-5H3. The minimum absolute atomic E-state index is 0.00460. The fourth-order valence-corrected chi connectivity index (χ4v) is 4.83. The molecule has 0 saturated carbocycles. The summed E-state index contributed by atoms with van der Waals surface area (Å²) in [6.45, 7) is 14.1. The van der Waals surface area contributed by atoms with E-state index in [0.717, 1.165) is 43.6 Å². The number of unbranched alkanes of at least 4 members (excludes halogenated alkanes) is 2. The van der Waals surface area contributed by atoms with Crippen molar-refractivity contribution in [3.05, 3.63) is 59.7 Å². The summed E-state index contributed by atoms with van der Waals surface area (Å²) >= 11 is 0. The third-order valence-electron chi connectivity index (χ3n) is 6.48. The predicted molar refractivity (Wildman–Crippen MR) is 131 cm³/mol. The minimum Gasteiger partial charge on any atom is -0.491 e. The number of ether oxygens (including phenoxy) is 2. The van der Waals surface area contributed by atoms with Crippen LogP contribution in [-0.4, -0.2) is 13.2 Å². The molecule has 1 aliphatic carbocycles. The van der Waals surface area contributed by atoms with Crippen LogP contribution in [0.3, 0.4) is 0 Å². The third kappa shape index (κ3) is 4.68. The number of hydrogen-bond donors (Lipinski definition) is 2. The summed E-state index contributed by atoms with van der Waals surface area (Å²) in [6.07, 6.45) is 6.88.